The van der Waals surface area contributed by atoms with Crippen LogP contribution in [0.3, 0.4) is 0 Å². The maximum absolute atomic E-state index is 3.12. The van der Waals surface area contributed by atoms with Gasteiger partial charge in [-0.25, -0.2) is 0 Å². The van der Waals surface area contributed by atoms with Crippen LogP contribution in [-0.2, 0) is 0 Å². The predicted molar refractivity (Wildman–Crippen MR) is 210 cm³/mol. The molecule has 0 amide bonds. The summed E-state index contributed by atoms with van der Waals surface area (Å²) in [6.45, 7) is 9.53. The van der Waals surface area contributed by atoms with Crippen molar-refractivity contribution in [3.63, 3.8) is 0 Å². The minimum atomic E-state index is -3.12. The summed E-state index contributed by atoms with van der Waals surface area (Å²) in [4.78, 5) is 13.9. The lowest BCUT2D eigenvalue weighted by Crippen LogP contribution is -2.71. The second-order valence-electron chi connectivity index (χ2n) is 14.2. The molecule has 1 aliphatic carbocycles. The molecule has 0 fully saturated rings. The molecule has 4 rings (SSSR count). The van der Waals surface area contributed by atoms with Crippen LogP contribution in [0.4, 0.5) is 34.1 Å². The lowest BCUT2D eigenvalue weighted by molar-refractivity contribution is 0.851. The third-order valence-corrected chi connectivity index (χ3v) is 15.3. The topological polar surface area (TPSA) is 19.4 Å². The summed E-state index contributed by atoms with van der Waals surface area (Å²) >= 11 is 0. The van der Waals surface area contributed by atoms with E-state index in [2.05, 4.69) is 196 Å². The van der Waals surface area contributed by atoms with Gasteiger partial charge in [0.25, 0.3) is 0 Å². The molecule has 0 heterocycles. The summed E-state index contributed by atoms with van der Waals surface area (Å²) < 4.78 is 0. The first-order chi connectivity index (χ1) is 21.5. The van der Waals surface area contributed by atoms with E-state index in [9.17, 15) is 0 Å². The molecule has 3 aromatic rings. The van der Waals surface area contributed by atoms with Gasteiger partial charge in [0, 0.05) is 84.6 Å². The van der Waals surface area contributed by atoms with E-state index >= 15 is 0 Å². The van der Waals surface area contributed by atoms with Gasteiger partial charge in [-0.05, 0) is 66.0 Å². The molecule has 46 heavy (non-hydrogen) atoms. The monoisotopic (exact) mass is 638 g/mol. The molecule has 3 aromatic carbocycles. The van der Waals surface area contributed by atoms with Crippen LogP contribution in [0.2, 0.25) is 0 Å². The number of para-hydroxylation sites is 3. The Balaban J connectivity index is 2.52. The van der Waals surface area contributed by atoms with Crippen LogP contribution >= 0.6 is 0 Å². The molecule has 0 bridgehead atoms. The van der Waals surface area contributed by atoms with Gasteiger partial charge in [-0.1, -0.05) is 59.7 Å². The van der Waals surface area contributed by atoms with Crippen molar-refractivity contribution in [2.45, 2.75) is 27.7 Å². The third kappa shape index (κ3) is 5.46. The molecule has 0 saturated heterocycles. The van der Waals surface area contributed by atoms with Crippen LogP contribution in [-0.4, -0.2) is 92.6 Å². The number of nitrogens with zero attached hydrogens (tertiary/aromatic N) is 6. The molecule has 6 nitrogen and oxygen atoms in total. The van der Waals surface area contributed by atoms with E-state index in [0.717, 1.165) is 0 Å². The van der Waals surface area contributed by atoms with Gasteiger partial charge in [0.1, 0.15) is 0 Å². The molecule has 0 N–H and O–H groups in total. The van der Waals surface area contributed by atoms with Crippen molar-refractivity contribution in [1.82, 2.24) is 0 Å². The Labute approximate surface area is 281 Å². The largest absolute Gasteiger partial charge is 0.376 e. The molecule has 1 unspecified atom stereocenters. The lowest BCUT2D eigenvalue weighted by atomic mass is 10.1. The van der Waals surface area contributed by atoms with E-state index in [-0.39, 0.29) is 0 Å². The molecule has 1 aliphatic rings. The van der Waals surface area contributed by atoms with Crippen molar-refractivity contribution >= 4 is 57.8 Å². The molecule has 1 atom stereocenters. The molecule has 0 radical (unpaired) electrons. The Morgan fingerprint density at radius 2 is 0.739 bits per heavy atom. The van der Waals surface area contributed by atoms with Crippen LogP contribution in [0.25, 0.3) is 0 Å². The molecule has 0 saturated carbocycles. The molecular weight excluding hydrogens is 581 g/mol. The number of benzene rings is 3. The van der Waals surface area contributed by atoms with Crippen LogP contribution in [0.1, 0.15) is 27.7 Å². The minimum Gasteiger partial charge on any atom is -0.376 e. The van der Waals surface area contributed by atoms with Gasteiger partial charge >= 0.3 is 0 Å². The Morgan fingerprint density at radius 1 is 0.435 bits per heavy atom. The first-order valence-corrected chi connectivity index (χ1v) is 18.3. The molecule has 0 aromatic heterocycles. The van der Waals surface area contributed by atoms with E-state index < -0.39 is 8.07 Å². The highest BCUT2D eigenvalue weighted by molar-refractivity contribution is 7.18. The number of anilines is 6. The van der Waals surface area contributed by atoms with E-state index in [1.54, 1.807) is 5.20 Å². The first kappa shape index (κ1) is 35.0. The zero-order valence-corrected chi connectivity index (χ0v) is 32.5. The van der Waals surface area contributed by atoms with E-state index in [4.69, 9.17) is 0 Å². The fourth-order valence-electron chi connectivity index (χ4n) is 7.83. The summed E-state index contributed by atoms with van der Waals surface area (Å²) in [5.74, 6) is 0.292. The maximum Gasteiger partial charge on any atom is 0.183 e. The van der Waals surface area contributed by atoms with Crippen LogP contribution in [0.5, 0.6) is 0 Å². The summed E-state index contributed by atoms with van der Waals surface area (Å²) in [5.41, 5.74) is 11.9. The van der Waals surface area contributed by atoms with Gasteiger partial charge in [-0.2, -0.15) is 0 Å². The molecular formula is C39H58N6Si. The van der Waals surface area contributed by atoms with Gasteiger partial charge in [0.15, 0.2) is 8.07 Å². The highest BCUT2D eigenvalue weighted by Gasteiger charge is 2.53. The number of hydrogen-bond acceptors (Lipinski definition) is 6. The molecule has 7 heteroatoms. The second kappa shape index (κ2) is 13.1. The van der Waals surface area contributed by atoms with Crippen molar-refractivity contribution in [1.29, 1.82) is 0 Å². The van der Waals surface area contributed by atoms with Crippen molar-refractivity contribution in [2.75, 3.05) is 114 Å². The van der Waals surface area contributed by atoms with Crippen molar-refractivity contribution < 1.29 is 0 Å². The SMILES string of the molecule is CC1=C(C)C(C)C([Si](c2cccc(N(C)C)c2N(C)C)(c2cccc(N(C)C)c2N(C)C)c2cccc(N(C)C)c2N(C)C)=C1C. The number of allylic oxidation sites excluding steroid dienone is 4. The summed E-state index contributed by atoms with van der Waals surface area (Å²) in [7, 11) is 23.2. The number of rotatable bonds is 10. The minimum absolute atomic E-state index is 0.292. The average molecular weight is 639 g/mol. The average Bonchev–Trinajstić information content (AvgIpc) is 3.19. The zero-order valence-electron chi connectivity index (χ0n) is 31.5. The van der Waals surface area contributed by atoms with Crippen LogP contribution < -0.4 is 45.0 Å². The Kier molecular flexibility index (Phi) is 9.98. The number of hydrogen-bond donors (Lipinski definition) is 0. The van der Waals surface area contributed by atoms with Crippen LogP contribution in [0.15, 0.2) is 76.5 Å². The smallest absolute Gasteiger partial charge is 0.183 e. The summed E-state index contributed by atoms with van der Waals surface area (Å²) in [5, 5.41) is 5.85. The van der Waals surface area contributed by atoms with Gasteiger partial charge in [-0.15, -0.1) is 0 Å². The Bertz CT molecular complexity index is 1510. The van der Waals surface area contributed by atoms with Crippen molar-refractivity contribution in [3.8, 4) is 0 Å². The molecule has 0 aliphatic heterocycles. The highest BCUT2D eigenvalue weighted by Crippen LogP contribution is 2.45. The van der Waals surface area contributed by atoms with Crippen molar-refractivity contribution in [2.24, 2.45) is 5.92 Å². The highest BCUT2D eigenvalue weighted by atomic mass is 28.3. The van der Waals surface area contributed by atoms with Crippen molar-refractivity contribution in [3.05, 3.63) is 76.5 Å². The third-order valence-electron chi connectivity index (χ3n) is 10.1. The summed E-state index contributed by atoms with van der Waals surface area (Å²) in [6.07, 6.45) is 0. The van der Waals surface area contributed by atoms with Gasteiger partial charge in [-0.3, -0.25) is 0 Å². The lowest BCUT2D eigenvalue weighted by Gasteiger charge is -2.45. The Hall–Kier alpha value is -3.84. The maximum atomic E-state index is 2.45. The van der Waals surface area contributed by atoms with E-state index in [1.807, 2.05) is 0 Å². The van der Waals surface area contributed by atoms with Gasteiger partial charge in [0.2, 0.25) is 0 Å². The normalized spacial score (nSPS) is 15.0. The summed E-state index contributed by atoms with van der Waals surface area (Å²) in [6, 6.07) is 21.1. The van der Waals surface area contributed by atoms with Crippen LogP contribution in [0, 0.1) is 5.92 Å². The van der Waals surface area contributed by atoms with Gasteiger partial charge < -0.3 is 29.4 Å². The van der Waals surface area contributed by atoms with E-state index in [1.165, 1.54) is 66.4 Å². The second-order valence-corrected chi connectivity index (χ2v) is 17.9. The standard InChI is InChI=1S/C39H58N6Si/c1-26-27(2)29(4)39(28(26)3)46(33-23-17-20-30(40(5)6)36(33)43(11)12,34-24-18-21-31(41(7)8)37(34)44(13)14)35-25-19-22-32(42(9)10)38(35)45(15)16/h17-25,28H,1-16H3. The quantitative estimate of drug-likeness (QED) is 0.218. The van der Waals surface area contributed by atoms with Gasteiger partial charge in [0.05, 0.1) is 34.1 Å². The molecule has 0 spiro atoms. The Morgan fingerprint density at radius 3 is 0.957 bits per heavy atom. The first-order valence-electron chi connectivity index (χ1n) is 16.3. The fourth-order valence-corrected chi connectivity index (χ4v) is 14.4. The fraction of sp³-hybridized carbons (Fsp3) is 0.436. The van der Waals surface area contributed by atoms with E-state index in [0.29, 0.717) is 5.92 Å². The predicted octanol–water partition coefficient (Wildman–Crippen LogP) is 5.39. The zero-order chi connectivity index (χ0) is 34.4. The molecule has 248 valence electrons.